The molecule has 0 aromatic heterocycles. The highest BCUT2D eigenvalue weighted by Crippen LogP contribution is 2.13. The normalized spacial score (nSPS) is 11.0. The quantitative estimate of drug-likeness (QED) is 0.579. The predicted molar refractivity (Wildman–Crippen MR) is 91.8 cm³/mol. The number of carbonyl (C=O) groups excluding carboxylic acids is 2. The van der Waals surface area contributed by atoms with Gasteiger partial charge in [0, 0.05) is 11.1 Å². The zero-order valence-corrected chi connectivity index (χ0v) is 14.6. The molecule has 0 fully saturated rings. The molecule has 0 aliphatic heterocycles. The molecule has 8 heteroatoms. The van der Waals surface area contributed by atoms with Gasteiger partial charge in [0.2, 0.25) is 0 Å². The standard InChI is InChI=1S/C17H18N2O5S/c1-3-24-15-9-7-13(8-10-15)17(21)18-19-25(22,23)16-6-4-5-14(11-16)12(2)20/h4-11,19H,3H2,1-2H3,(H,18,21). The maximum absolute atomic E-state index is 12.2. The van der Waals surface area contributed by atoms with Crippen molar-refractivity contribution in [3.63, 3.8) is 0 Å². The second-order valence-corrected chi connectivity index (χ2v) is 6.78. The number of Topliss-reactive ketones (excluding diaryl/α,β-unsaturated/α-hetero) is 1. The fourth-order valence-electron chi connectivity index (χ4n) is 2.00. The summed E-state index contributed by atoms with van der Waals surface area (Å²) >= 11 is 0. The first-order chi connectivity index (χ1) is 11.8. The van der Waals surface area contributed by atoms with Gasteiger partial charge in [0.1, 0.15) is 5.75 Å². The fourth-order valence-corrected chi connectivity index (χ4v) is 2.88. The molecular formula is C17H18N2O5S. The Hall–Kier alpha value is -2.71. The largest absolute Gasteiger partial charge is 0.494 e. The van der Waals surface area contributed by atoms with Crippen molar-refractivity contribution in [2.24, 2.45) is 0 Å². The molecule has 0 aliphatic rings. The van der Waals surface area contributed by atoms with Crippen LogP contribution >= 0.6 is 0 Å². The molecule has 0 saturated heterocycles. The zero-order valence-electron chi connectivity index (χ0n) is 13.8. The minimum atomic E-state index is -4.00. The average Bonchev–Trinajstić information content (AvgIpc) is 2.61. The Morgan fingerprint density at radius 1 is 1.04 bits per heavy atom. The van der Waals surface area contributed by atoms with Crippen molar-refractivity contribution in [1.82, 2.24) is 10.3 Å². The third-order valence-corrected chi connectivity index (χ3v) is 4.52. The highest BCUT2D eigenvalue weighted by atomic mass is 32.2. The molecule has 2 aromatic carbocycles. The number of sulfonamides is 1. The zero-order chi connectivity index (χ0) is 18.4. The van der Waals surface area contributed by atoms with Crippen molar-refractivity contribution in [3.05, 3.63) is 59.7 Å². The summed E-state index contributed by atoms with van der Waals surface area (Å²) in [5.41, 5.74) is 2.67. The van der Waals surface area contributed by atoms with E-state index in [1.165, 1.54) is 43.3 Å². The highest BCUT2D eigenvalue weighted by Gasteiger charge is 2.17. The number of benzene rings is 2. The first-order valence-electron chi connectivity index (χ1n) is 7.49. The van der Waals surface area contributed by atoms with Gasteiger partial charge in [-0.05, 0) is 50.2 Å². The van der Waals surface area contributed by atoms with Crippen molar-refractivity contribution in [3.8, 4) is 5.75 Å². The van der Waals surface area contributed by atoms with E-state index in [4.69, 9.17) is 4.74 Å². The molecule has 1 amide bonds. The van der Waals surface area contributed by atoms with Gasteiger partial charge in [-0.1, -0.05) is 12.1 Å². The van der Waals surface area contributed by atoms with Crippen LogP contribution in [0.5, 0.6) is 5.75 Å². The second kappa shape index (κ2) is 7.91. The van der Waals surface area contributed by atoms with E-state index in [0.717, 1.165) is 0 Å². The van der Waals surface area contributed by atoms with E-state index in [-0.39, 0.29) is 21.8 Å². The van der Waals surface area contributed by atoms with E-state index >= 15 is 0 Å². The van der Waals surface area contributed by atoms with Crippen molar-refractivity contribution in [2.45, 2.75) is 18.7 Å². The van der Waals surface area contributed by atoms with Crippen LogP contribution in [-0.2, 0) is 10.0 Å². The molecule has 0 bridgehead atoms. The summed E-state index contributed by atoms with van der Waals surface area (Å²) in [5.74, 6) is -0.259. The van der Waals surface area contributed by atoms with Gasteiger partial charge < -0.3 is 4.74 Å². The summed E-state index contributed by atoms with van der Waals surface area (Å²) in [6.07, 6.45) is 0. The Morgan fingerprint density at radius 3 is 2.32 bits per heavy atom. The molecule has 0 spiro atoms. The Bertz CT molecular complexity index is 876. The van der Waals surface area contributed by atoms with Crippen molar-refractivity contribution >= 4 is 21.7 Å². The molecule has 2 aromatic rings. The van der Waals surface area contributed by atoms with Gasteiger partial charge in [0.15, 0.2) is 5.78 Å². The van der Waals surface area contributed by atoms with Crippen LogP contribution in [0.1, 0.15) is 34.6 Å². The lowest BCUT2D eigenvalue weighted by Gasteiger charge is -2.09. The Morgan fingerprint density at radius 2 is 1.72 bits per heavy atom. The fraction of sp³-hybridized carbons (Fsp3) is 0.176. The van der Waals surface area contributed by atoms with Gasteiger partial charge in [-0.25, -0.2) is 8.42 Å². The lowest BCUT2D eigenvalue weighted by molar-refractivity contribution is 0.0944. The van der Waals surface area contributed by atoms with Crippen LogP contribution in [0.4, 0.5) is 0 Å². The Balaban J connectivity index is 2.07. The Kier molecular flexibility index (Phi) is 5.89. The van der Waals surface area contributed by atoms with Gasteiger partial charge >= 0.3 is 0 Å². The summed E-state index contributed by atoms with van der Waals surface area (Å²) < 4.78 is 29.7. The van der Waals surface area contributed by atoms with Crippen molar-refractivity contribution in [2.75, 3.05) is 6.61 Å². The lowest BCUT2D eigenvalue weighted by atomic mass is 10.2. The molecule has 0 aliphatic carbocycles. The summed E-state index contributed by atoms with van der Waals surface area (Å²) in [6.45, 7) is 3.69. The third kappa shape index (κ3) is 4.88. The van der Waals surface area contributed by atoms with Crippen molar-refractivity contribution < 1.29 is 22.7 Å². The maximum Gasteiger partial charge on any atom is 0.266 e. The summed E-state index contributed by atoms with van der Waals surface area (Å²) in [7, 11) is -4.00. The number of ketones is 1. The minimum absolute atomic E-state index is 0.118. The van der Waals surface area contributed by atoms with Gasteiger partial charge in [0.05, 0.1) is 11.5 Å². The molecule has 2 N–H and O–H groups in total. The monoisotopic (exact) mass is 362 g/mol. The van der Waals surface area contributed by atoms with E-state index in [1.54, 1.807) is 12.1 Å². The minimum Gasteiger partial charge on any atom is -0.494 e. The van der Waals surface area contributed by atoms with Crippen LogP contribution in [0.25, 0.3) is 0 Å². The first-order valence-corrected chi connectivity index (χ1v) is 8.98. The van der Waals surface area contributed by atoms with Crippen LogP contribution in [0.3, 0.4) is 0 Å². The summed E-state index contributed by atoms with van der Waals surface area (Å²) in [6, 6.07) is 11.8. The van der Waals surface area contributed by atoms with E-state index in [1.807, 2.05) is 11.8 Å². The van der Waals surface area contributed by atoms with Crippen LogP contribution < -0.4 is 15.0 Å². The van der Waals surface area contributed by atoms with Crippen molar-refractivity contribution in [1.29, 1.82) is 0 Å². The maximum atomic E-state index is 12.2. The lowest BCUT2D eigenvalue weighted by Crippen LogP contribution is -2.41. The number of hydrogen-bond acceptors (Lipinski definition) is 5. The van der Waals surface area contributed by atoms with E-state index in [0.29, 0.717) is 12.4 Å². The van der Waals surface area contributed by atoms with Gasteiger partial charge in [-0.15, -0.1) is 4.83 Å². The predicted octanol–water partition coefficient (Wildman–Crippen LogP) is 1.91. The SMILES string of the molecule is CCOc1ccc(C(=O)NNS(=O)(=O)c2cccc(C(C)=O)c2)cc1. The van der Waals surface area contributed by atoms with Crippen LogP contribution in [0, 0.1) is 0 Å². The van der Waals surface area contributed by atoms with E-state index in [9.17, 15) is 18.0 Å². The molecule has 0 atom stereocenters. The van der Waals surface area contributed by atoms with Gasteiger partial charge in [-0.2, -0.15) is 0 Å². The second-order valence-electron chi connectivity index (χ2n) is 5.10. The smallest absolute Gasteiger partial charge is 0.266 e. The molecule has 25 heavy (non-hydrogen) atoms. The molecule has 0 radical (unpaired) electrons. The Labute approximate surface area is 146 Å². The summed E-state index contributed by atoms with van der Waals surface area (Å²) in [4.78, 5) is 25.3. The average molecular weight is 362 g/mol. The molecule has 7 nitrogen and oxygen atoms in total. The van der Waals surface area contributed by atoms with Crippen LogP contribution in [-0.4, -0.2) is 26.7 Å². The summed E-state index contributed by atoms with van der Waals surface area (Å²) in [5, 5.41) is 0. The number of ether oxygens (including phenoxy) is 1. The number of nitrogens with one attached hydrogen (secondary N) is 2. The number of carbonyl (C=O) groups is 2. The number of hydrazine groups is 1. The highest BCUT2D eigenvalue weighted by molar-refractivity contribution is 7.89. The molecule has 0 unspecified atom stereocenters. The molecule has 2 rings (SSSR count). The van der Waals surface area contributed by atoms with Crippen LogP contribution in [0.2, 0.25) is 0 Å². The topological polar surface area (TPSA) is 102 Å². The van der Waals surface area contributed by atoms with Crippen LogP contribution in [0.15, 0.2) is 53.4 Å². The van der Waals surface area contributed by atoms with Gasteiger partial charge in [-0.3, -0.25) is 15.0 Å². The number of amides is 1. The molecule has 132 valence electrons. The van der Waals surface area contributed by atoms with E-state index in [2.05, 4.69) is 5.43 Å². The molecule has 0 saturated carbocycles. The molecular weight excluding hydrogens is 344 g/mol. The number of hydrogen-bond donors (Lipinski definition) is 2. The first kappa shape index (κ1) is 18.6. The molecule has 0 heterocycles. The number of rotatable bonds is 7. The van der Waals surface area contributed by atoms with E-state index < -0.39 is 15.9 Å². The van der Waals surface area contributed by atoms with Gasteiger partial charge in [0.25, 0.3) is 15.9 Å². The third-order valence-electron chi connectivity index (χ3n) is 3.28.